The van der Waals surface area contributed by atoms with Crippen molar-refractivity contribution in [1.29, 1.82) is 0 Å². The molecule has 3 nitrogen and oxygen atoms in total. The lowest BCUT2D eigenvalue weighted by molar-refractivity contribution is -0.134. The fraction of sp³-hybridized carbons (Fsp3) is 0.650. The number of rotatable bonds is 4. The van der Waals surface area contributed by atoms with E-state index in [2.05, 4.69) is 24.0 Å². The van der Waals surface area contributed by atoms with Crippen LogP contribution < -0.4 is 5.73 Å². The van der Waals surface area contributed by atoms with Crippen molar-refractivity contribution < 1.29 is 4.79 Å². The van der Waals surface area contributed by atoms with E-state index in [0.29, 0.717) is 18.5 Å². The number of aryl methyl sites for hydroxylation is 1. The van der Waals surface area contributed by atoms with Gasteiger partial charge in [-0.2, -0.15) is 0 Å². The lowest BCUT2D eigenvalue weighted by Crippen LogP contribution is -2.44. The highest BCUT2D eigenvalue weighted by atomic mass is 16.2. The van der Waals surface area contributed by atoms with Crippen LogP contribution in [0, 0.1) is 12.8 Å². The number of nitrogens with two attached hydrogens (primary N) is 1. The summed E-state index contributed by atoms with van der Waals surface area (Å²) in [5.74, 6) is 0.788. The third-order valence-electron chi connectivity index (χ3n) is 5.75. The van der Waals surface area contributed by atoms with Gasteiger partial charge in [0, 0.05) is 19.1 Å². The quantitative estimate of drug-likeness (QED) is 0.923. The van der Waals surface area contributed by atoms with Crippen molar-refractivity contribution >= 4 is 5.91 Å². The van der Waals surface area contributed by atoms with Gasteiger partial charge < -0.3 is 10.6 Å². The first kappa shape index (κ1) is 16.5. The van der Waals surface area contributed by atoms with Crippen LogP contribution in [0.25, 0.3) is 0 Å². The number of carbonyl (C=O) groups excluding carboxylic acids is 1. The van der Waals surface area contributed by atoms with Crippen LogP contribution in [0.5, 0.6) is 0 Å². The molecule has 2 unspecified atom stereocenters. The second-order valence-electron chi connectivity index (χ2n) is 7.34. The largest absolute Gasteiger partial charge is 0.339 e. The van der Waals surface area contributed by atoms with Crippen molar-refractivity contribution in [2.75, 3.05) is 13.1 Å². The minimum atomic E-state index is -0.181. The SMILES string of the molecule is Cc1cccc(C(CN)C(=O)N2CCCC2C2CCCCC2)c1. The predicted octanol–water partition coefficient (Wildman–Crippen LogP) is 3.61. The Hall–Kier alpha value is -1.35. The first-order chi connectivity index (χ1) is 11.2. The standard InChI is InChI=1S/C20H30N2O/c1-15-7-5-10-17(13-15)18(14-21)20(23)22-12-6-11-19(22)16-8-3-2-4-9-16/h5,7,10,13,16,18-19H,2-4,6,8-9,11-12,14,21H2,1H3. The Morgan fingerprint density at radius 1 is 1.22 bits per heavy atom. The molecule has 126 valence electrons. The van der Waals surface area contributed by atoms with Crippen molar-refractivity contribution in [1.82, 2.24) is 4.90 Å². The van der Waals surface area contributed by atoms with Crippen LogP contribution in [0.3, 0.4) is 0 Å². The van der Waals surface area contributed by atoms with E-state index in [9.17, 15) is 4.79 Å². The summed E-state index contributed by atoms with van der Waals surface area (Å²) in [6.45, 7) is 3.39. The Morgan fingerprint density at radius 3 is 2.70 bits per heavy atom. The Kier molecular flexibility index (Phi) is 5.37. The fourth-order valence-corrected chi connectivity index (χ4v) is 4.54. The fourth-order valence-electron chi connectivity index (χ4n) is 4.54. The Labute approximate surface area is 140 Å². The molecular formula is C20H30N2O. The molecule has 2 fully saturated rings. The maximum absolute atomic E-state index is 13.2. The monoisotopic (exact) mass is 314 g/mol. The molecule has 2 aliphatic rings. The van der Waals surface area contributed by atoms with E-state index >= 15 is 0 Å². The molecule has 3 heteroatoms. The van der Waals surface area contributed by atoms with Gasteiger partial charge >= 0.3 is 0 Å². The van der Waals surface area contributed by atoms with Crippen LogP contribution in [0.1, 0.15) is 62.0 Å². The van der Waals surface area contributed by atoms with E-state index in [-0.39, 0.29) is 11.8 Å². The normalized spacial score (nSPS) is 23.9. The predicted molar refractivity (Wildman–Crippen MR) is 94.3 cm³/mol. The molecular weight excluding hydrogens is 284 g/mol. The average molecular weight is 314 g/mol. The summed E-state index contributed by atoms with van der Waals surface area (Å²) in [6, 6.07) is 8.72. The van der Waals surface area contributed by atoms with Gasteiger partial charge in [-0.15, -0.1) is 0 Å². The first-order valence-corrected chi connectivity index (χ1v) is 9.28. The number of hydrogen-bond donors (Lipinski definition) is 1. The molecule has 1 saturated carbocycles. The van der Waals surface area contributed by atoms with E-state index in [1.807, 2.05) is 12.1 Å². The topological polar surface area (TPSA) is 46.3 Å². The third kappa shape index (κ3) is 3.60. The van der Waals surface area contributed by atoms with Gasteiger partial charge in [0.1, 0.15) is 0 Å². The van der Waals surface area contributed by atoms with Crippen molar-refractivity contribution in [2.24, 2.45) is 11.7 Å². The molecule has 1 heterocycles. The summed E-state index contributed by atoms with van der Waals surface area (Å²) in [7, 11) is 0. The van der Waals surface area contributed by atoms with Gasteiger partial charge in [-0.3, -0.25) is 4.79 Å². The van der Waals surface area contributed by atoms with E-state index in [4.69, 9.17) is 5.73 Å². The molecule has 1 aromatic rings. The molecule has 1 amide bonds. The van der Waals surface area contributed by atoms with Crippen molar-refractivity contribution in [2.45, 2.75) is 63.8 Å². The van der Waals surface area contributed by atoms with Crippen LogP contribution >= 0.6 is 0 Å². The van der Waals surface area contributed by atoms with Crippen molar-refractivity contribution in [3.63, 3.8) is 0 Å². The number of amides is 1. The maximum Gasteiger partial charge on any atom is 0.231 e. The van der Waals surface area contributed by atoms with Crippen molar-refractivity contribution in [3.05, 3.63) is 35.4 Å². The Bertz CT molecular complexity index is 536. The van der Waals surface area contributed by atoms with Crippen LogP contribution in [0.4, 0.5) is 0 Å². The van der Waals surface area contributed by atoms with Gasteiger partial charge in [-0.1, -0.05) is 49.1 Å². The lowest BCUT2D eigenvalue weighted by Gasteiger charge is -2.35. The summed E-state index contributed by atoms with van der Waals surface area (Å²) in [4.78, 5) is 15.4. The molecule has 2 N–H and O–H groups in total. The van der Waals surface area contributed by atoms with E-state index in [0.717, 1.165) is 18.5 Å². The molecule has 1 aliphatic heterocycles. The van der Waals surface area contributed by atoms with Gasteiger partial charge in [0.2, 0.25) is 5.91 Å². The maximum atomic E-state index is 13.2. The summed E-state index contributed by atoms with van der Waals surface area (Å²) < 4.78 is 0. The summed E-state index contributed by atoms with van der Waals surface area (Å²) in [5.41, 5.74) is 8.27. The minimum Gasteiger partial charge on any atom is -0.339 e. The third-order valence-corrected chi connectivity index (χ3v) is 5.75. The number of carbonyl (C=O) groups is 1. The zero-order chi connectivity index (χ0) is 16.2. The molecule has 0 radical (unpaired) electrons. The number of likely N-dealkylation sites (tertiary alicyclic amines) is 1. The molecule has 3 rings (SSSR count). The van der Waals surface area contributed by atoms with Crippen LogP contribution in [-0.4, -0.2) is 29.9 Å². The summed E-state index contributed by atoms with van der Waals surface area (Å²) >= 11 is 0. The molecule has 0 spiro atoms. The van der Waals surface area contributed by atoms with Gasteiger partial charge in [0.05, 0.1) is 5.92 Å². The van der Waals surface area contributed by atoms with Crippen LogP contribution in [0.15, 0.2) is 24.3 Å². The zero-order valence-corrected chi connectivity index (χ0v) is 14.3. The first-order valence-electron chi connectivity index (χ1n) is 9.28. The second-order valence-corrected chi connectivity index (χ2v) is 7.34. The molecule has 0 aromatic heterocycles. The highest BCUT2D eigenvalue weighted by Gasteiger charge is 2.37. The van der Waals surface area contributed by atoms with Crippen LogP contribution in [-0.2, 0) is 4.79 Å². The van der Waals surface area contributed by atoms with Gasteiger partial charge in [0.15, 0.2) is 0 Å². The van der Waals surface area contributed by atoms with E-state index in [1.54, 1.807) is 0 Å². The summed E-state index contributed by atoms with van der Waals surface area (Å²) in [6.07, 6.45) is 8.96. The molecule has 2 atom stereocenters. The van der Waals surface area contributed by atoms with Gasteiger partial charge in [0.25, 0.3) is 0 Å². The van der Waals surface area contributed by atoms with E-state index in [1.165, 1.54) is 44.1 Å². The van der Waals surface area contributed by atoms with Gasteiger partial charge in [-0.25, -0.2) is 0 Å². The zero-order valence-electron chi connectivity index (χ0n) is 14.3. The van der Waals surface area contributed by atoms with Crippen molar-refractivity contribution in [3.8, 4) is 0 Å². The van der Waals surface area contributed by atoms with Crippen LogP contribution in [0.2, 0.25) is 0 Å². The van der Waals surface area contributed by atoms with Gasteiger partial charge in [-0.05, 0) is 44.1 Å². The molecule has 1 aromatic carbocycles. The number of benzene rings is 1. The minimum absolute atomic E-state index is 0.181. The smallest absolute Gasteiger partial charge is 0.231 e. The highest BCUT2D eigenvalue weighted by molar-refractivity contribution is 5.84. The second kappa shape index (κ2) is 7.48. The highest BCUT2D eigenvalue weighted by Crippen LogP contribution is 2.35. The molecule has 1 saturated heterocycles. The molecule has 0 bridgehead atoms. The number of hydrogen-bond acceptors (Lipinski definition) is 2. The average Bonchev–Trinajstić information content (AvgIpc) is 3.06. The Morgan fingerprint density at radius 2 is 2.00 bits per heavy atom. The summed E-state index contributed by atoms with van der Waals surface area (Å²) in [5, 5.41) is 0. The lowest BCUT2D eigenvalue weighted by atomic mass is 9.82. The molecule has 23 heavy (non-hydrogen) atoms. The Balaban J connectivity index is 1.76. The molecule has 1 aliphatic carbocycles. The van der Waals surface area contributed by atoms with E-state index < -0.39 is 0 Å². The number of nitrogens with zero attached hydrogens (tertiary/aromatic N) is 1.